The summed E-state index contributed by atoms with van der Waals surface area (Å²) >= 11 is 11.8. The predicted octanol–water partition coefficient (Wildman–Crippen LogP) is 3.16. The number of nitrogens with one attached hydrogen (secondary N) is 1. The van der Waals surface area contributed by atoms with Crippen molar-refractivity contribution < 1.29 is 17.9 Å². The Morgan fingerprint density at radius 1 is 1.17 bits per heavy atom. The molecule has 0 heterocycles. The lowest BCUT2D eigenvalue weighted by molar-refractivity contribution is 0.0596. The van der Waals surface area contributed by atoms with Crippen molar-refractivity contribution in [2.45, 2.75) is 4.90 Å². The van der Waals surface area contributed by atoms with Crippen molar-refractivity contribution in [3.8, 4) is 0 Å². The third-order valence-electron chi connectivity index (χ3n) is 2.91. The summed E-state index contributed by atoms with van der Waals surface area (Å²) in [5.41, 5.74) is 5.78. The van der Waals surface area contributed by atoms with Crippen molar-refractivity contribution in [2.75, 3.05) is 17.6 Å². The quantitative estimate of drug-likeness (QED) is 0.632. The highest BCUT2D eigenvalue weighted by molar-refractivity contribution is 7.92. The van der Waals surface area contributed by atoms with Crippen LogP contribution in [0, 0.1) is 0 Å². The SMILES string of the molecule is COC(=O)c1ccccc1S(=O)(=O)Nc1cc(Cl)c(N)c(Cl)c1. The molecule has 2 aromatic rings. The molecule has 6 nitrogen and oxygen atoms in total. The topological polar surface area (TPSA) is 98.5 Å². The summed E-state index contributed by atoms with van der Waals surface area (Å²) in [7, 11) is -2.89. The first-order valence-electron chi connectivity index (χ1n) is 6.21. The normalized spacial score (nSPS) is 11.1. The zero-order chi connectivity index (χ0) is 17.2. The Bertz CT molecular complexity index is 846. The molecule has 2 rings (SSSR count). The zero-order valence-electron chi connectivity index (χ0n) is 11.8. The van der Waals surface area contributed by atoms with E-state index in [1.54, 1.807) is 0 Å². The molecule has 9 heteroatoms. The van der Waals surface area contributed by atoms with Gasteiger partial charge in [-0.15, -0.1) is 0 Å². The van der Waals surface area contributed by atoms with Crippen LogP contribution >= 0.6 is 23.2 Å². The number of halogens is 2. The molecule has 2 aromatic carbocycles. The lowest BCUT2D eigenvalue weighted by Gasteiger charge is -2.12. The summed E-state index contributed by atoms with van der Waals surface area (Å²) in [6, 6.07) is 8.30. The van der Waals surface area contributed by atoms with Crippen LogP contribution in [0.3, 0.4) is 0 Å². The fourth-order valence-electron chi connectivity index (χ4n) is 1.83. The van der Waals surface area contributed by atoms with Crippen LogP contribution in [-0.4, -0.2) is 21.5 Å². The van der Waals surface area contributed by atoms with Gasteiger partial charge in [0.15, 0.2) is 0 Å². The molecule has 0 amide bonds. The molecule has 0 aliphatic heterocycles. The minimum Gasteiger partial charge on any atom is -0.465 e. The average Bonchev–Trinajstić information content (AvgIpc) is 2.51. The number of carbonyl (C=O) groups is 1. The van der Waals surface area contributed by atoms with Crippen molar-refractivity contribution in [1.29, 1.82) is 0 Å². The monoisotopic (exact) mass is 374 g/mol. The number of nitrogen functional groups attached to an aromatic ring is 1. The highest BCUT2D eigenvalue weighted by Crippen LogP contribution is 2.32. The molecular weight excluding hydrogens is 363 g/mol. The lowest BCUT2D eigenvalue weighted by Crippen LogP contribution is -2.17. The van der Waals surface area contributed by atoms with Crippen molar-refractivity contribution in [3.05, 3.63) is 52.0 Å². The molecule has 0 spiro atoms. The second-order valence-corrected chi connectivity index (χ2v) is 6.91. The van der Waals surface area contributed by atoms with Gasteiger partial charge < -0.3 is 10.5 Å². The van der Waals surface area contributed by atoms with E-state index in [2.05, 4.69) is 9.46 Å². The Hall–Kier alpha value is -1.96. The smallest absolute Gasteiger partial charge is 0.339 e. The standard InChI is InChI=1S/C14H12Cl2N2O4S/c1-22-14(19)9-4-2-3-5-12(9)23(20,21)18-8-6-10(15)13(17)11(16)7-8/h2-7,18H,17H2,1H3. The van der Waals surface area contributed by atoms with E-state index < -0.39 is 16.0 Å². The average molecular weight is 375 g/mol. The summed E-state index contributed by atoms with van der Waals surface area (Å²) in [5.74, 6) is -0.764. The van der Waals surface area contributed by atoms with Crippen LogP contribution in [0.4, 0.5) is 11.4 Å². The molecule has 122 valence electrons. The van der Waals surface area contributed by atoms with Crippen LogP contribution in [0.1, 0.15) is 10.4 Å². The van der Waals surface area contributed by atoms with Crippen molar-refractivity contribution in [3.63, 3.8) is 0 Å². The van der Waals surface area contributed by atoms with E-state index in [-0.39, 0.29) is 31.9 Å². The zero-order valence-corrected chi connectivity index (χ0v) is 14.2. The Labute approximate surface area is 143 Å². The van der Waals surface area contributed by atoms with Gasteiger partial charge in [0.25, 0.3) is 10.0 Å². The number of rotatable bonds is 4. The molecule has 0 fully saturated rings. The molecule has 0 unspecified atom stereocenters. The second-order valence-electron chi connectivity index (χ2n) is 4.45. The Kier molecular flexibility index (Phi) is 5.03. The minimum atomic E-state index is -4.05. The van der Waals surface area contributed by atoms with Crippen LogP contribution < -0.4 is 10.5 Å². The third-order valence-corrected chi connectivity index (χ3v) is 4.98. The largest absolute Gasteiger partial charge is 0.465 e. The molecule has 0 atom stereocenters. The number of esters is 1. The van der Waals surface area contributed by atoms with Crippen LogP contribution in [0.25, 0.3) is 0 Å². The fraction of sp³-hybridized carbons (Fsp3) is 0.0714. The molecule has 0 aromatic heterocycles. The number of sulfonamides is 1. The number of methoxy groups -OCH3 is 1. The van der Waals surface area contributed by atoms with Gasteiger partial charge >= 0.3 is 5.97 Å². The first kappa shape index (κ1) is 17.4. The summed E-state index contributed by atoms with van der Waals surface area (Å²) in [5, 5.41) is 0.216. The number of hydrogen-bond donors (Lipinski definition) is 2. The number of hydrogen-bond acceptors (Lipinski definition) is 5. The Balaban J connectivity index is 2.47. The van der Waals surface area contributed by atoms with Gasteiger partial charge in [-0.25, -0.2) is 13.2 Å². The third kappa shape index (κ3) is 3.69. The van der Waals surface area contributed by atoms with Gasteiger partial charge in [0.2, 0.25) is 0 Å². The number of ether oxygens (including phenoxy) is 1. The molecule has 0 radical (unpaired) electrons. The van der Waals surface area contributed by atoms with Crippen LogP contribution in [0.2, 0.25) is 10.0 Å². The van der Waals surface area contributed by atoms with E-state index in [9.17, 15) is 13.2 Å². The first-order chi connectivity index (χ1) is 10.8. The Morgan fingerprint density at radius 2 is 1.74 bits per heavy atom. The number of anilines is 2. The maximum absolute atomic E-state index is 12.5. The summed E-state index contributed by atoms with van der Waals surface area (Å²) < 4.78 is 31.9. The van der Waals surface area contributed by atoms with Crippen LogP contribution in [0.15, 0.2) is 41.3 Å². The highest BCUT2D eigenvalue weighted by atomic mass is 35.5. The molecule has 0 bridgehead atoms. The van der Waals surface area contributed by atoms with Crippen LogP contribution in [-0.2, 0) is 14.8 Å². The van der Waals surface area contributed by atoms with E-state index in [0.29, 0.717) is 0 Å². The van der Waals surface area contributed by atoms with Gasteiger partial charge in [-0.2, -0.15) is 0 Å². The molecule has 0 saturated heterocycles. The van der Waals surface area contributed by atoms with Crippen LogP contribution in [0.5, 0.6) is 0 Å². The van der Waals surface area contributed by atoms with Crippen molar-refractivity contribution in [1.82, 2.24) is 0 Å². The Morgan fingerprint density at radius 3 is 2.30 bits per heavy atom. The lowest BCUT2D eigenvalue weighted by atomic mass is 10.2. The summed E-state index contributed by atoms with van der Waals surface area (Å²) in [4.78, 5) is 11.5. The maximum atomic E-state index is 12.5. The van der Waals surface area contributed by atoms with Gasteiger partial charge in [0, 0.05) is 0 Å². The molecule has 0 aliphatic rings. The maximum Gasteiger partial charge on any atom is 0.339 e. The van der Waals surface area contributed by atoms with Crippen molar-refractivity contribution in [2.24, 2.45) is 0 Å². The summed E-state index contributed by atoms with van der Waals surface area (Å²) in [6.07, 6.45) is 0. The van der Waals surface area contributed by atoms with E-state index in [0.717, 1.165) is 0 Å². The molecule has 23 heavy (non-hydrogen) atoms. The predicted molar refractivity (Wildman–Crippen MR) is 89.5 cm³/mol. The number of nitrogens with two attached hydrogens (primary N) is 1. The highest BCUT2D eigenvalue weighted by Gasteiger charge is 2.23. The first-order valence-corrected chi connectivity index (χ1v) is 8.45. The van der Waals surface area contributed by atoms with Gasteiger partial charge in [0.1, 0.15) is 4.90 Å². The number of carbonyl (C=O) groups excluding carboxylic acids is 1. The molecule has 0 saturated carbocycles. The van der Waals surface area contributed by atoms with Gasteiger partial charge in [-0.1, -0.05) is 35.3 Å². The molecular formula is C14H12Cl2N2O4S. The van der Waals surface area contributed by atoms with E-state index >= 15 is 0 Å². The minimum absolute atomic E-state index is 0.0878. The molecule has 0 aliphatic carbocycles. The van der Waals surface area contributed by atoms with E-state index in [4.69, 9.17) is 28.9 Å². The van der Waals surface area contributed by atoms with Gasteiger partial charge in [0.05, 0.1) is 34.1 Å². The second kappa shape index (κ2) is 6.66. The molecule has 3 N–H and O–H groups in total. The summed E-state index contributed by atoms with van der Waals surface area (Å²) in [6.45, 7) is 0. The van der Waals surface area contributed by atoms with Gasteiger partial charge in [-0.05, 0) is 24.3 Å². The van der Waals surface area contributed by atoms with E-state index in [1.807, 2.05) is 0 Å². The van der Waals surface area contributed by atoms with Gasteiger partial charge in [-0.3, -0.25) is 4.72 Å². The van der Waals surface area contributed by atoms with E-state index in [1.165, 1.54) is 43.5 Å². The number of benzene rings is 2. The fourth-order valence-corrected chi connectivity index (χ4v) is 3.56. The van der Waals surface area contributed by atoms with Crippen molar-refractivity contribution >= 4 is 50.6 Å².